The molecule has 0 spiro atoms. The smallest absolute Gasteiger partial charge is 0.150 e. The fourth-order valence-corrected chi connectivity index (χ4v) is 0.726. The second kappa shape index (κ2) is 6.80. The summed E-state index contributed by atoms with van der Waals surface area (Å²) in [4.78, 5) is 0. The maximum absolute atomic E-state index is 3.07. The van der Waals surface area contributed by atoms with E-state index in [0.29, 0.717) is 0 Å². The van der Waals surface area contributed by atoms with Crippen LogP contribution in [0.1, 0.15) is 12.5 Å². The topological polar surface area (TPSA) is 0 Å². The molecule has 1 heteroatoms. The van der Waals surface area contributed by atoms with Crippen molar-refractivity contribution in [3.05, 3.63) is 42.0 Å². The quantitative estimate of drug-likeness (QED) is 0.287. The van der Waals surface area contributed by atoms with E-state index >= 15 is 0 Å². The predicted octanol–water partition coefficient (Wildman–Crippen LogP) is -0.473. The van der Waals surface area contributed by atoms with E-state index in [1.165, 1.54) is 0 Å². The third kappa shape index (κ3) is 4.09. The Balaban J connectivity index is 0.00000121. The molecule has 0 saturated carbocycles. The Kier molecular flexibility index (Phi) is 6.30. The Bertz CT molecular complexity index is 288. The molecule has 0 nitrogen and oxygen atoms in total. The van der Waals surface area contributed by atoms with Crippen LogP contribution in [0.25, 0.3) is 6.08 Å². The minimum atomic E-state index is 0. The fourth-order valence-electron chi connectivity index (χ4n) is 0.726. The van der Waals surface area contributed by atoms with Crippen LogP contribution < -0.4 is 18.9 Å². The van der Waals surface area contributed by atoms with Crippen LogP contribution in [0.2, 0.25) is 0 Å². The van der Waals surface area contributed by atoms with Crippen LogP contribution in [-0.4, -0.2) is 0 Å². The molecule has 12 heavy (non-hydrogen) atoms. The van der Waals surface area contributed by atoms with Crippen molar-refractivity contribution in [3.8, 4) is 11.8 Å². The molecule has 54 valence electrons. The molecular weight excluding hydrogens is 139 g/mol. The van der Waals surface area contributed by atoms with E-state index in [9.17, 15) is 0 Å². The second-order valence-corrected chi connectivity index (χ2v) is 2.05. The molecule has 0 unspecified atom stereocenters. The van der Waals surface area contributed by atoms with Crippen LogP contribution in [0.4, 0.5) is 0 Å². The largest absolute Gasteiger partial charge is 1.00 e. The van der Waals surface area contributed by atoms with Crippen molar-refractivity contribution in [3.63, 3.8) is 0 Å². The zero-order chi connectivity index (χ0) is 7.94. The van der Waals surface area contributed by atoms with Gasteiger partial charge in [-0.25, -0.2) is 0 Å². The molecule has 0 bridgehead atoms. The summed E-state index contributed by atoms with van der Waals surface area (Å²) in [5, 5.41) is 0. The van der Waals surface area contributed by atoms with Gasteiger partial charge in [0.25, 0.3) is 0 Å². The van der Waals surface area contributed by atoms with Gasteiger partial charge in [-0.1, -0.05) is 12.0 Å². The molecule has 0 aliphatic carbocycles. The van der Waals surface area contributed by atoms with Crippen molar-refractivity contribution in [2.75, 3.05) is 0 Å². The normalized spacial score (nSPS) is 8.42. The van der Waals surface area contributed by atoms with Crippen molar-refractivity contribution in [2.45, 2.75) is 6.92 Å². The number of benzene rings is 1. The maximum Gasteiger partial charge on any atom is 1.00 e. The van der Waals surface area contributed by atoms with Gasteiger partial charge in [-0.15, -0.1) is 47.9 Å². The van der Waals surface area contributed by atoms with Gasteiger partial charge in [0.2, 0.25) is 0 Å². The van der Waals surface area contributed by atoms with Gasteiger partial charge < -0.3 is 0 Å². The molecule has 0 aliphatic rings. The van der Waals surface area contributed by atoms with Gasteiger partial charge in [0.15, 0.2) is 0 Å². The third-order valence-corrected chi connectivity index (χ3v) is 1.22. The Hall–Kier alpha value is -0.883. The van der Waals surface area contributed by atoms with Crippen molar-refractivity contribution >= 4 is 6.08 Å². The van der Waals surface area contributed by atoms with Crippen molar-refractivity contribution < 1.29 is 18.9 Å². The summed E-state index contributed by atoms with van der Waals surface area (Å²) in [5.41, 5.74) is 1.07. The van der Waals surface area contributed by atoms with E-state index in [-0.39, 0.29) is 18.9 Å². The Labute approximate surface area is 85.9 Å². The van der Waals surface area contributed by atoms with E-state index in [4.69, 9.17) is 0 Å². The first-order valence-electron chi connectivity index (χ1n) is 3.49. The summed E-state index contributed by atoms with van der Waals surface area (Å²) in [6, 6.07) is 10.9. The minimum Gasteiger partial charge on any atom is -0.150 e. The summed E-state index contributed by atoms with van der Waals surface area (Å²) in [7, 11) is 0. The maximum atomic E-state index is 3.07. The van der Waals surface area contributed by atoms with Crippen LogP contribution >= 0.6 is 0 Å². The number of hydrogen-bond donors (Lipinski definition) is 0. The average Bonchev–Trinajstić information content (AvgIpc) is 2.07. The third-order valence-electron chi connectivity index (χ3n) is 1.22. The summed E-state index contributed by atoms with van der Waals surface area (Å²) in [5.74, 6) is 5.63. The first kappa shape index (κ1) is 11.1. The van der Waals surface area contributed by atoms with Gasteiger partial charge >= 0.3 is 18.9 Å². The first-order chi connectivity index (χ1) is 5.43. The summed E-state index contributed by atoms with van der Waals surface area (Å²) >= 11 is 0. The molecule has 0 aliphatic heterocycles. The number of hydrogen-bond acceptors (Lipinski definition) is 0. The molecule has 0 N–H and O–H groups in total. The Morgan fingerprint density at radius 3 is 2.83 bits per heavy atom. The SMILES string of the molecule is CC#C/C=C\c1[c-]cccc1.[Li+]. The van der Waals surface area contributed by atoms with E-state index in [1.807, 2.05) is 43.3 Å². The number of rotatable bonds is 1. The fraction of sp³-hybridized carbons (Fsp3) is 0.0909. The zero-order valence-electron chi connectivity index (χ0n) is 7.46. The van der Waals surface area contributed by atoms with Crippen molar-refractivity contribution in [2.24, 2.45) is 0 Å². The molecule has 0 heterocycles. The van der Waals surface area contributed by atoms with Crippen LogP contribution in [0.3, 0.4) is 0 Å². The minimum absolute atomic E-state index is 0. The molecule has 0 radical (unpaired) electrons. The van der Waals surface area contributed by atoms with Crippen LogP contribution in [0.15, 0.2) is 30.3 Å². The molecular formula is C11H9Li. The van der Waals surface area contributed by atoms with Crippen molar-refractivity contribution in [1.82, 2.24) is 0 Å². The van der Waals surface area contributed by atoms with Gasteiger partial charge in [0.05, 0.1) is 0 Å². The van der Waals surface area contributed by atoms with Crippen LogP contribution in [-0.2, 0) is 0 Å². The van der Waals surface area contributed by atoms with Crippen molar-refractivity contribution in [1.29, 1.82) is 0 Å². The van der Waals surface area contributed by atoms with E-state index in [0.717, 1.165) is 5.56 Å². The van der Waals surface area contributed by atoms with E-state index in [2.05, 4.69) is 17.9 Å². The van der Waals surface area contributed by atoms with Gasteiger partial charge in [0, 0.05) is 0 Å². The molecule has 1 aromatic rings. The standard InChI is InChI=1S/C11H9.Li/c1-2-3-5-8-11-9-6-4-7-10-11;/h4-9H,1H3;/q-1;+1/b8-5-;. The molecule has 1 rings (SSSR count). The first-order valence-corrected chi connectivity index (χ1v) is 3.49. The molecule has 0 amide bonds. The summed E-state index contributed by atoms with van der Waals surface area (Å²) in [6.45, 7) is 1.82. The van der Waals surface area contributed by atoms with Gasteiger partial charge in [0.1, 0.15) is 0 Å². The van der Waals surface area contributed by atoms with E-state index < -0.39 is 0 Å². The Morgan fingerprint density at radius 2 is 2.25 bits per heavy atom. The summed E-state index contributed by atoms with van der Waals surface area (Å²) in [6.07, 6.45) is 3.77. The molecule has 0 fully saturated rings. The summed E-state index contributed by atoms with van der Waals surface area (Å²) < 4.78 is 0. The molecule has 0 saturated heterocycles. The number of allylic oxidation sites excluding steroid dienone is 1. The zero-order valence-corrected chi connectivity index (χ0v) is 7.46. The van der Waals surface area contributed by atoms with Crippen LogP contribution in [0.5, 0.6) is 0 Å². The second-order valence-electron chi connectivity index (χ2n) is 2.05. The molecule has 1 aromatic carbocycles. The van der Waals surface area contributed by atoms with Gasteiger partial charge in [-0.05, 0) is 6.92 Å². The van der Waals surface area contributed by atoms with Gasteiger partial charge in [-0.2, -0.15) is 0 Å². The van der Waals surface area contributed by atoms with E-state index in [1.54, 1.807) is 0 Å². The average molecular weight is 148 g/mol. The monoisotopic (exact) mass is 148 g/mol. The Morgan fingerprint density at radius 1 is 1.42 bits per heavy atom. The van der Waals surface area contributed by atoms with Crippen LogP contribution in [0, 0.1) is 17.9 Å². The molecule has 0 aromatic heterocycles. The van der Waals surface area contributed by atoms with Gasteiger partial charge in [-0.3, -0.25) is 0 Å². The molecule has 0 atom stereocenters. The predicted molar refractivity (Wildman–Crippen MR) is 47.8 cm³/mol.